The van der Waals surface area contributed by atoms with Gasteiger partial charge in [0.25, 0.3) is 0 Å². The quantitative estimate of drug-likeness (QED) is 0.688. The summed E-state index contributed by atoms with van der Waals surface area (Å²) in [6, 6.07) is 4.09. The zero-order valence-corrected chi connectivity index (χ0v) is 8.93. The summed E-state index contributed by atoms with van der Waals surface area (Å²) in [6.45, 7) is 4.09. The summed E-state index contributed by atoms with van der Waals surface area (Å²) in [5, 5.41) is 21.0. The maximum absolute atomic E-state index is 9.13. The van der Waals surface area contributed by atoms with Crippen molar-refractivity contribution < 1.29 is 10.0 Å². The highest BCUT2D eigenvalue weighted by atomic mass is 32.1. The molecule has 72 valence electrons. The Morgan fingerprint density at radius 3 is 2.43 bits per heavy atom. The number of aryl methyl sites for hydroxylation is 2. The second kappa shape index (κ2) is 3.39. The van der Waals surface area contributed by atoms with Crippen LogP contribution in [0.25, 0.3) is 10.1 Å². The Hall–Kier alpha value is -0.835. The smallest absolute Gasteiger partial charge is 0.423 e. The predicted octanol–water partition coefficient (Wildman–Crippen LogP) is 1.20. The van der Waals surface area contributed by atoms with Crippen molar-refractivity contribution in [3.63, 3.8) is 0 Å². The summed E-state index contributed by atoms with van der Waals surface area (Å²) in [7, 11) is -1.37. The normalized spacial score (nSPS) is 10.9. The van der Waals surface area contributed by atoms with Crippen LogP contribution in [0.4, 0.5) is 0 Å². The van der Waals surface area contributed by atoms with E-state index < -0.39 is 7.12 Å². The minimum atomic E-state index is -1.37. The molecule has 4 heteroatoms. The monoisotopic (exact) mass is 206 g/mol. The minimum absolute atomic E-state index is 0.605. The van der Waals surface area contributed by atoms with E-state index in [1.807, 2.05) is 13.0 Å². The zero-order chi connectivity index (χ0) is 10.3. The van der Waals surface area contributed by atoms with Crippen molar-refractivity contribution in [2.45, 2.75) is 13.8 Å². The minimum Gasteiger partial charge on any atom is -0.423 e. The summed E-state index contributed by atoms with van der Waals surface area (Å²) in [5.74, 6) is 0. The molecule has 0 aliphatic carbocycles. The lowest BCUT2D eigenvalue weighted by Crippen LogP contribution is -2.28. The Morgan fingerprint density at radius 2 is 1.79 bits per heavy atom. The number of hydrogen-bond acceptors (Lipinski definition) is 3. The molecule has 1 heterocycles. The van der Waals surface area contributed by atoms with E-state index in [4.69, 9.17) is 10.0 Å². The van der Waals surface area contributed by atoms with Gasteiger partial charge in [-0.1, -0.05) is 6.07 Å². The molecule has 1 aromatic heterocycles. The van der Waals surface area contributed by atoms with Crippen molar-refractivity contribution in [3.05, 3.63) is 28.6 Å². The van der Waals surface area contributed by atoms with Crippen LogP contribution >= 0.6 is 11.3 Å². The molecule has 0 unspecified atom stereocenters. The number of thiophene rings is 1. The van der Waals surface area contributed by atoms with Crippen LogP contribution in [0.2, 0.25) is 0 Å². The second-order valence-corrected chi connectivity index (χ2v) is 4.41. The van der Waals surface area contributed by atoms with Gasteiger partial charge < -0.3 is 10.0 Å². The lowest BCUT2D eigenvalue weighted by atomic mass is 9.80. The second-order valence-electron chi connectivity index (χ2n) is 3.50. The molecule has 0 aliphatic rings. The number of hydrogen-bond donors (Lipinski definition) is 2. The molecule has 1 aromatic carbocycles. The highest BCUT2D eigenvalue weighted by molar-refractivity contribution is 7.18. The van der Waals surface area contributed by atoms with Crippen LogP contribution in [-0.4, -0.2) is 17.2 Å². The molecule has 14 heavy (non-hydrogen) atoms. The summed E-state index contributed by atoms with van der Waals surface area (Å²) in [4.78, 5) is 0. The highest BCUT2D eigenvalue weighted by Crippen LogP contribution is 2.22. The summed E-state index contributed by atoms with van der Waals surface area (Å²) >= 11 is 1.55. The highest BCUT2D eigenvalue weighted by Gasteiger charge is 2.16. The lowest BCUT2D eigenvalue weighted by Gasteiger charge is -2.01. The lowest BCUT2D eigenvalue weighted by molar-refractivity contribution is 0.426. The molecular weight excluding hydrogens is 195 g/mol. The number of rotatable bonds is 1. The largest absolute Gasteiger partial charge is 0.489 e. The van der Waals surface area contributed by atoms with Gasteiger partial charge in [-0.25, -0.2) is 0 Å². The van der Waals surface area contributed by atoms with Gasteiger partial charge in [-0.05, 0) is 41.8 Å². The van der Waals surface area contributed by atoms with Gasteiger partial charge in [0, 0.05) is 10.2 Å². The third-order valence-electron chi connectivity index (χ3n) is 2.50. The van der Waals surface area contributed by atoms with Crippen molar-refractivity contribution in [2.24, 2.45) is 0 Å². The van der Waals surface area contributed by atoms with E-state index in [9.17, 15) is 0 Å². The van der Waals surface area contributed by atoms with Gasteiger partial charge in [0.15, 0.2) is 0 Å². The first-order chi connectivity index (χ1) is 6.59. The summed E-state index contributed by atoms with van der Waals surface area (Å²) in [5.41, 5.74) is 3.02. The molecule has 2 aromatic rings. The molecule has 0 bridgehead atoms. The van der Waals surface area contributed by atoms with Gasteiger partial charge in [0.05, 0.1) is 0 Å². The van der Waals surface area contributed by atoms with Crippen LogP contribution in [0, 0.1) is 13.8 Å². The molecule has 0 fully saturated rings. The molecule has 0 aliphatic heterocycles. The van der Waals surface area contributed by atoms with Crippen molar-refractivity contribution in [3.8, 4) is 0 Å². The van der Waals surface area contributed by atoms with Crippen LogP contribution in [0.1, 0.15) is 11.1 Å². The zero-order valence-electron chi connectivity index (χ0n) is 8.11. The molecule has 0 amide bonds. The Bertz CT molecular complexity index is 476. The maximum atomic E-state index is 9.13. The first-order valence-electron chi connectivity index (χ1n) is 4.44. The van der Waals surface area contributed by atoms with Crippen LogP contribution in [0.5, 0.6) is 0 Å². The first kappa shape index (κ1) is 9.71. The Balaban J connectivity index is 2.74. The molecule has 2 nitrogen and oxygen atoms in total. The van der Waals surface area contributed by atoms with Gasteiger partial charge >= 0.3 is 7.12 Å². The third kappa shape index (κ3) is 1.45. The number of fused-ring (bicyclic) bond motifs is 1. The third-order valence-corrected chi connectivity index (χ3v) is 3.46. The molecule has 2 rings (SSSR count). The molecule has 0 radical (unpaired) electrons. The standard InChI is InChI=1S/C10H11BO2S/c1-6-3-8-9(11(12)13)5-14-10(8)4-7(6)2/h3-5,12-13H,1-2H3. The summed E-state index contributed by atoms with van der Waals surface area (Å²) < 4.78 is 1.11. The van der Waals surface area contributed by atoms with Crippen molar-refractivity contribution in [1.82, 2.24) is 0 Å². The van der Waals surface area contributed by atoms with E-state index in [1.165, 1.54) is 11.1 Å². The molecule has 0 saturated carbocycles. The van der Waals surface area contributed by atoms with Gasteiger partial charge in [0.1, 0.15) is 0 Å². The summed E-state index contributed by atoms with van der Waals surface area (Å²) in [6.07, 6.45) is 0. The maximum Gasteiger partial charge on any atom is 0.489 e. The van der Waals surface area contributed by atoms with Gasteiger partial charge in [-0.15, -0.1) is 11.3 Å². The Labute approximate surface area is 87.0 Å². The van der Waals surface area contributed by atoms with Gasteiger partial charge in [-0.3, -0.25) is 0 Å². The van der Waals surface area contributed by atoms with E-state index in [-0.39, 0.29) is 0 Å². The van der Waals surface area contributed by atoms with Crippen LogP contribution in [0.3, 0.4) is 0 Å². The number of benzene rings is 1. The van der Waals surface area contributed by atoms with Gasteiger partial charge in [-0.2, -0.15) is 0 Å². The molecule has 0 atom stereocenters. The molecule has 0 spiro atoms. The predicted molar refractivity (Wildman–Crippen MR) is 61.1 cm³/mol. The fraction of sp³-hybridized carbons (Fsp3) is 0.200. The Morgan fingerprint density at radius 1 is 1.14 bits per heavy atom. The Kier molecular flexibility index (Phi) is 2.35. The van der Waals surface area contributed by atoms with Crippen LogP contribution < -0.4 is 5.46 Å². The first-order valence-corrected chi connectivity index (χ1v) is 5.32. The van der Waals surface area contributed by atoms with Crippen LogP contribution in [-0.2, 0) is 0 Å². The van der Waals surface area contributed by atoms with E-state index in [1.54, 1.807) is 16.7 Å². The average molecular weight is 206 g/mol. The fourth-order valence-electron chi connectivity index (χ4n) is 1.50. The van der Waals surface area contributed by atoms with Crippen molar-refractivity contribution in [1.29, 1.82) is 0 Å². The van der Waals surface area contributed by atoms with E-state index in [2.05, 4.69) is 13.0 Å². The topological polar surface area (TPSA) is 40.5 Å². The molecule has 0 saturated heterocycles. The molecular formula is C10H11BO2S. The average Bonchev–Trinajstić information content (AvgIpc) is 2.48. The molecule has 2 N–H and O–H groups in total. The van der Waals surface area contributed by atoms with Crippen LogP contribution in [0.15, 0.2) is 17.5 Å². The van der Waals surface area contributed by atoms with E-state index >= 15 is 0 Å². The fourth-order valence-corrected chi connectivity index (χ4v) is 2.55. The van der Waals surface area contributed by atoms with E-state index in [0.29, 0.717) is 5.46 Å². The van der Waals surface area contributed by atoms with Crippen molar-refractivity contribution in [2.75, 3.05) is 0 Å². The van der Waals surface area contributed by atoms with Crippen molar-refractivity contribution >= 4 is 34.0 Å². The van der Waals surface area contributed by atoms with E-state index in [0.717, 1.165) is 10.1 Å². The SMILES string of the molecule is Cc1cc2scc(B(O)O)c2cc1C. The van der Waals surface area contributed by atoms with Gasteiger partial charge in [0.2, 0.25) is 0 Å².